The van der Waals surface area contributed by atoms with Crippen LogP contribution < -0.4 is 5.43 Å². The molecule has 0 saturated carbocycles. The summed E-state index contributed by atoms with van der Waals surface area (Å²) in [4.78, 5) is 7.77. The third-order valence-electron chi connectivity index (χ3n) is 4.45. The highest BCUT2D eigenvalue weighted by Gasteiger charge is 2.18. The zero-order valence-corrected chi connectivity index (χ0v) is 13.5. The quantitative estimate of drug-likeness (QED) is 0.692. The number of nitrogens with zero attached hydrogens (tertiary/aromatic N) is 2. The second-order valence-corrected chi connectivity index (χ2v) is 6.23. The number of benzene rings is 2. The Morgan fingerprint density at radius 2 is 2.00 bits per heavy atom. The summed E-state index contributed by atoms with van der Waals surface area (Å²) in [5.41, 5.74) is 11.6. The monoisotopic (exact) mass is 304 g/mol. The molecule has 0 spiro atoms. The summed E-state index contributed by atoms with van der Waals surface area (Å²) in [6.07, 6.45) is 3.30. The largest absolute Gasteiger partial charge is 0.323 e. The van der Waals surface area contributed by atoms with Crippen molar-refractivity contribution in [3.63, 3.8) is 0 Å². The second kappa shape index (κ2) is 5.54. The third kappa shape index (κ3) is 2.61. The van der Waals surface area contributed by atoms with Gasteiger partial charge in [0.1, 0.15) is 0 Å². The molecule has 0 atom stereocenters. The van der Waals surface area contributed by atoms with Crippen molar-refractivity contribution in [2.24, 2.45) is 5.10 Å². The smallest absolute Gasteiger partial charge is 0.222 e. The van der Waals surface area contributed by atoms with Crippen molar-refractivity contribution in [3.8, 4) is 0 Å². The molecule has 0 amide bonds. The fourth-order valence-electron chi connectivity index (χ4n) is 3.40. The fraction of sp³-hybridized carbons (Fsp3) is 0.263. The molecule has 0 saturated heterocycles. The molecule has 4 heteroatoms. The zero-order chi connectivity index (χ0) is 15.8. The van der Waals surface area contributed by atoms with Crippen molar-refractivity contribution in [3.05, 3.63) is 58.7 Å². The summed E-state index contributed by atoms with van der Waals surface area (Å²) < 4.78 is 0. The van der Waals surface area contributed by atoms with Crippen molar-refractivity contribution in [1.29, 1.82) is 0 Å². The normalized spacial score (nSPS) is 15.8. The van der Waals surface area contributed by atoms with Gasteiger partial charge in [0.25, 0.3) is 0 Å². The molecular weight excluding hydrogens is 284 g/mol. The maximum Gasteiger partial charge on any atom is 0.222 e. The molecule has 3 aromatic rings. The summed E-state index contributed by atoms with van der Waals surface area (Å²) in [7, 11) is 0. The van der Waals surface area contributed by atoms with E-state index in [4.69, 9.17) is 0 Å². The van der Waals surface area contributed by atoms with E-state index in [2.05, 4.69) is 46.5 Å². The molecule has 0 fully saturated rings. The number of nitrogens with one attached hydrogen (secondary N) is 2. The lowest BCUT2D eigenvalue weighted by Gasteiger charge is -2.20. The number of H-pyrrole nitrogens is 1. The van der Waals surface area contributed by atoms with Crippen LogP contribution in [0.1, 0.15) is 35.1 Å². The van der Waals surface area contributed by atoms with Crippen LogP contribution in [0.4, 0.5) is 5.95 Å². The van der Waals surface area contributed by atoms with Gasteiger partial charge in [-0.3, -0.25) is 0 Å². The van der Waals surface area contributed by atoms with Crippen LogP contribution in [-0.2, 0) is 6.42 Å². The highest BCUT2D eigenvalue weighted by atomic mass is 15.4. The summed E-state index contributed by atoms with van der Waals surface area (Å²) >= 11 is 0. The highest BCUT2D eigenvalue weighted by Crippen LogP contribution is 2.26. The lowest BCUT2D eigenvalue weighted by Crippen LogP contribution is -2.15. The predicted octanol–water partition coefficient (Wildman–Crippen LogP) is 4.33. The van der Waals surface area contributed by atoms with Crippen LogP contribution in [0.5, 0.6) is 0 Å². The second-order valence-electron chi connectivity index (χ2n) is 6.23. The van der Waals surface area contributed by atoms with Crippen LogP contribution >= 0.6 is 0 Å². The fourth-order valence-corrected chi connectivity index (χ4v) is 3.40. The lowest BCUT2D eigenvalue weighted by molar-refractivity contribution is 0.829. The number of anilines is 1. The van der Waals surface area contributed by atoms with Crippen molar-refractivity contribution in [2.45, 2.75) is 33.1 Å². The minimum Gasteiger partial charge on any atom is -0.323 e. The van der Waals surface area contributed by atoms with Crippen LogP contribution in [-0.4, -0.2) is 15.7 Å². The van der Waals surface area contributed by atoms with E-state index in [1.165, 1.54) is 22.3 Å². The van der Waals surface area contributed by atoms with E-state index in [9.17, 15) is 0 Å². The zero-order valence-electron chi connectivity index (χ0n) is 13.5. The van der Waals surface area contributed by atoms with Gasteiger partial charge in [0.15, 0.2) is 0 Å². The Bertz CT molecular complexity index is 872. The molecule has 116 valence electrons. The molecule has 0 radical (unpaired) electrons. The standard InChI is InChI=1S/C19H20N4/c1-12-10-13(2)14-6-5-9-16(15(14)11-12)22-23-19-20-17-7-3-4-8-18(17)21-19/h3-4,7-8,10-11H,5-6,9H2,1-2H3,(H2,20,21,23)/b22-16+. The van der Waals surface area contributed by atoms with E-state index < -0.39 is 0 Å². The number of aromatic nitrogens is 2. The van der Waals surface area contributed by atoms with E-state index in [1.54, 1.807) is 0 Å². The summed E-state index contributed by atoms with van der Waals surface area (Å²) in [5.74, 6) is 0.690. The average Bonchev–Trinajstić information content (AvgIpc) is 2.96. The van der Waals surface area contributed by atoms with E-state index in [-0.39, 0.29) is 0 Å². The van der Waals surface area contributed by atoms with Crippen LogP contribution in [0.25, 0.3) is 11.0 Å². The molecule has 1 heterocycles. The Kier molecular flexibility index (Phi) is 3.37. The molecule has 2 N–H and O–H groups in total. The number of hydrazone groups is 1. The van der Waals surface area contributed by atoms with Crippen molar-refractivity contribution in [2.75, 3.05) is 5.43 Å². The highest BCUT2D eigenvalue weighted by molar-refractivity contribution is 6.03. The van der Waals surface area contributed by atoms with E-state index >= 15 is 0 Å². The Balaban J connectivity index is 1.67. The minimum absolute atomic E-state index is 0.690. The number of aromatic amines is 1. The first-order valence-corrected chi connectivity index (χ1v) is 8.08. The predicted molar refractivity (Wildman–Crippen MR) is 95.1 cm³/mol. The number of aryl methyl sites for hydroxylation is 2. The molecule has 1 aromatic heterocycles. The van der Waals surface area contributed by atoms with Crippen LogP contribution in [0.2, 0.25) is 0 Å². The Morgan fingerprint density at radius 1 is 1.13 bits per heavy atom. The molecule has 0 aliphatic heterocycles. The first-order valence-electron chi connectivity index (χ1n) is 8.08. The molecule has 4 nitrogen and oxygen atoms in total. The van der Waals surface area contributed by atoms with Crippen molar-refractivity contribution < 1.29 is 0 Å². The maximum absolute atomic E-state index is 4.65. The van der Waals surface area contributed by atoms with Crippen molar-refractivity contribution >= 4 is 22.7 Å². The van der Waals surface area contributed by atoms with E-state index in [0.717, 1.165) is 36.0 Å². The summed E-state index contributed by atoms with van der Waals surface area (Å²) in [6, 6.07) is 12.5. The van der Waals surface area contributed by atoms with Crippen LogP contribution in [0, 0.1) is 13.8 Å². The van der Waals surface area contributed by atoms with Gasteiger partial charge in [-0.05, 0) is 62.4 Å². The number of fused-ring (bicyclic) bond motifs is 2. The Labute approximate surface area is 135 Å². The number of imidazole rings is 1. The molecule has 0 bridgehead atoms. The third-order valence-corrected chi connectivity index (χ3v) is 4.45. The van der Waals surface area contributed by atoms with Gasteiger partial charge in [-0.1, -0.05) is 23.8 Å². The van der Waals surface area contributed by atoms with Gasteiger partial charge in [-0.2, -0.15) is 5.10 Å². The Morgan fingerprint density at radius 3 is 2.87 bits per heavy atom. The van der Waals surface area contributed by atoms with Gasteiger partial charge in [0.2, 0.25) is 5.95 Å². The molecule has 2 aromatic carbocycles. The first-order chi connectivity index (χ1) is 11.2. The molecule has 1 aliphatic carbocycles. The molecule has 0 unspecified atom stereocenters. The van der Waals surface area contributed by atoms with Gasteiger partial charge < -0.3 is 4.98 Å². The van der Waals surface area contributed by atoms with Crippen molar-refractivity contribution in [1.82, 2.24) is 9.97 Å². The maximum atomic E-state index is 4.65. The number of hydrogen-bond acceptors (Lipinski definition) is 3. The molecule has 1 aliphatic rings. The molecule has 4 rings (SSSR count). The summed E-state index contributed by atoms with van der Waals surface area (Å²) in [6.45, 7) is 4.34. The van der Waals surface area contributed by atoms with Gasteiger partial charge in [-0.15, -0.1) is 0 Å². The average molecular weight is 304 g/mol. The number of hydrogen-bond donors (Lipinski definition) is 2. The van der Waals surface area contributed by atoms with Gasteiger partial charge >= 0.3 is 0 Å². The topological polar surface area (TPSA) is 53.1 Å². The lowest BCUT2D eigenvalue weighted by atomic mass is 9.86. The Hall–Kier alpha value is -2.62. The van der Waals surface area contributed by atoms with Gasteiger partial charge in [-0.25, -0.2) is 10.4 Å². The minimum atomic E-state index is 0.690. The van der Waals surface area contributed by atoms with Crippen LogP contribution in [0.3, 0.4) is 0 Å². The van der Waals surface area contributed by atoms with Gasteiger partial charge in [0.05, 0.1) is 16.7 Å². The first kappa shape index (κ1) is 14.0. The van der Waals surface area contributed by atoms with E-state index in [0.29, 0.717) is 5.95 Å². The SMILES string of the molecule is Cc1cc(C)c2c(c1)/C(=N/Nc1nc3ccccc3[nH]1)CCC2. The van der Waals surface area contributed by atoms with E-state index in [1.807, 2.05) is 24.3 Å². The van der Waals surface area contributed by atoms with Gasteiger partial charge in [0, 0.05) is 5.56 Å². The molecule has 23 heavy (non-hydrogen) atoms. The molecular formula is C19H20N4. The summed E-state index contributed by atoms with van der Waals surface area (Å²) in [5, 5.41) is 4.65. The number of rotatable bonds is 2. The van der Waals surface area contributed by atoms with Crippen LogP contribution in [0.15, 0.2) is 41.5 Å². The number of para-hydroxylation sites is 2.